The number of hydrogen-bond acceptors (Lipinski definition) is 5. The van der Waals surface area contributed by atoms with Crippen LogP contribution < -0.4 is 0 Å². The Bertz CT molecular complexity index is 484. The maximum atomic E-state index is 11.6. The lowest BCUT2D eigenvalue weighted by molar-refractivity contribution is 0.115. The first-order valence-electron chi connectivity index (χ1n) is 11.0. The van der Waals surface area contributed by atoms with E-state index in [9.17, 15) is 24.8 Å². The molecule has 0 saturated heterocycles. The van der Waals surface area contributed by atoms with Gasteiger partial charge in [-0.3, -0.25) is 4.57 Å². The average molecular weight is 421 g/mol. The molecule has 28 heavy (non-hydrogen) atoms. The fourth-order valence-electron chi connectivity index (χ4n) is 4.04. The zero-order valence-corrected chi connectivity index (χ0v) is 18.5. The third kappa shape index (κ3) is 10.00. The number of aliphatic hydroxyl groups excluding tert-OH is 3. The van der Waals surface area contributed by atoms with Crippen molar-refractivity contribution in [2.75, 3.05) is 12.8 Å². The molecule has 6 nitrogen and oxygen atoms in total. The van der Waals surface area contributed by atoms with Crippen molar-refractivity contribution < 1.29 is 29.3 Å². The van der Waals surface area contributed by atoms with E-state index in [4.69, 9.17) is 4.52 Å². The molecule has 0 bridgehead atoms. The molecular weight excluding hydrogens is 379 g/mol. The molecule has 1 fully saturated rings. The molecule has 0 amide bonds. The van der Waals surface area contributed by atoms with Crippen LogP contribution in [0.15, 0.2) is 12.2 Å². The predicted octanol–water partition coefficient (Wildman–Crippen LogP) is 4.01. The van der Waals surface area contributed by atoms with Crippen LogP contribution in [0.2, 0.25) is 0 Å². The largest absolute Gasteiger partial charge is 0.393 e. The lowest BCUT2D eigenvalue weighted by atomic mass is 9.88. The molecule has 7 heteroatoms. The van der Waals surface area contributed by atoms with E-state index in [0.717, 1.165) is 51.4 Å². The first kappa shape index (κ1) is 25.8. The molecular formula is C21H41O6P. The number of aliphatic hydroxyl groups is 3. The van der Waals surface area contributed by atoms with Gasteiger partial charge in [0.1, 0.15) is 0 Å². The molecule has 4 N–H and O–H groups in total. The average Bonchev–Trinajstić information content (AvgIpc) is 2.89. The first-order valence-corrected chi connectivity index (χ1v) is 12.8. The van der Waals surface area contributed by atoms with Gasteiger partial charge in [0, 0.05) is 18.5 Å². The van der Waals surface area contributed by atoms with Crippen LogP contribution in [0.4, 0.5) is 0 Å². The van der Waals surface area contributed by atoms with Crippen molar-refractivity contribution in [2.24, 2.45) is 11.8 Å². The summed E-state index contributed by atoms with van der Waals surface area (Å²) in [5.74, 6) is -0.118. The highest BCUT2D eigenvalue weighted by Crippen LogP contribution is 2.42. The molecule has 1 aliphatic carbocycles. The molecule has 0 aromatic rings. The van der Waals surface area contributed by atoms with Gasteiger partial charge < -0.3 is 24.7 Å². The van der Waals surface area contributed by atoms with Crippen LogP contribution in [0.5, 0.6) is 0 Å². The van der Waals surface area contributed by atoms with Crippen molar-refractivity contribution in [1.29, 1.82) is 0 Å². The highest BCUT2D eigenvalue weighted by Gasteiger charge is 2.39. The van der Waals surface area contributed by atoms with Gasteiger partial charge >= 0.3 is 7.60 Å². The van der Waals surface area contributed by atoms with Crippen molar-refractivity contribution in [1.82, 2.24) is 0 Å². The third-order valence-corrected chi connectivity index (χ3v) is 7.18. The van der Waals surface area contributed by atoms with Gasteiger partial charge in [0.05, 0.1) is 24.9 Å². The summed E-state index contributed by atoms with van der Waals surface area (Å²) in [6.07, 6.45) is 10.7. The summed E-state index contributed by atoms with van der Waals surface area (Å²) < 4.78 is 16.5. The van der Waals surface area contributed by atoms with Crippen LogP contribution >= 0.6 is 7.60 Å². The van der Waals surface area contributed by atoms with Gasteiger partial charge in [0.25, 0.3) is 0 Å². The van der Waals surface area contributed by atoms with Crippen LogP contribution in [-0.4, -0.2) is 51.3 Å². The Balaban J connectivity index is 2.36. The van der Waals surface area contributed by atoms with Crippen molar-refractivity contribution in [2.45, 2.75) is 96.4 Å². The standard InChI is InChI=1S/C21H41O6P/c1-3-5-8-11-17(22)13-14-19-18(20(23)16-21(19)24)12-9-6-7-10-15-28(25,26)27-4-2/h13-14,17-24H,3-12,15-16H2,1-2H3,(H,25,26)/b14-13+/t17-,18+,19+,20-,21+/m0/s1. The first-order chi connectivity index (χ1) is 13.3. The summed E-state index contributed by atoms with van der Waals surface area (Å²) in [5.41, 5.74) is 0. The number of unbranched alkanes of at least 4 members (excludes halogenated alkanes) is 5. The van der Waals surface area contributed by atoms with Gasteiger partial charge in [0.15, 0.2) is 0 Å². The highest BCUT2D eigenvalue weighted by molar-refractivity contribution is 7.52. The molecule has 0 heterocycles. The van der Waals surface area contributed by atoms with E-state index in [-0.39, 0.29) is 24.6 Å². The van der Waals surface area contributed by atoms with E-state index in [1.807, 2.05) is 6.08 Å². The van der Waals surface area contributed by atoms with Crippen LogP contribution in [-0.2, 0) is 9.09 Å². The Morgan fingerprint density at radius 2 is 1.79 bits per heavy atom. The maximum absolute atomic E-state index is 11.6. The topological polar surface area (TPSA) is 107 Å². The fraction of sp³-hybridized carbons (Fsp3) is 0.905. The molecule has 1 saturated carbocycles. The summed E-state index contributed by atoms with van der Waals surface area (Å²) in [5, 5.41) is 30.6. The van der Waals surface area contributed by atoms with Crippen molar-refractivity contribution >= 4 is 7.60 Å². The van der Waals surface area contributed by atoms with Crippen molar-refractivity contribution in [3.05, 3.63) is 12.2 Å². The Kier molecular flexibility index (Phi) is 12.8. The summed E-state index contributed by atoms with van der Waals surface area (Å²) in [4.78, 5) is 9.56. The Morgan fingerprint density at radius 3 is 2.46 bits per heavy atom. The molecule has 0 spiro atoms. The highest BCUT2D eigenvalue weighted by atomic mass is 31.2. The lowest BCUT2D eigenvalue weighted by Crippen LogP contribution is -2.21. The SMILES string of the molecule is CCCCC[C@H](O)/C=C/[C@@H]1[C@@H](CCCCCCP(=O)(O)OCC)[C@@H](O)C[C@H]1O. The second kappa shape index (κ2) is 13.9. The van der Waals surface area contributed by atoms with Crippen molar-refractivity contribution in [3.63, 3.8) is 0 Å². The van der Waals surface area contributed by atoms with Crippen LogP contribution in [0.25, 0.3) is 0 Å². The molecule has 1 rings (SSSR count). The summed E-state index contributed by atoms with van der Waals surface area (Å²) in [7, 11) is -3.42. The molecule has 0 aromatic heterocycles. The van der Waals surface area contributed by atoms with E-state index in [2.05, 4.69) is 6.92 Å². The zero-order chi connectivity index (χ0) is 21.0. The Morgan fingerprint density at radius 1 is 1.07 bits per heavy atom. The minimum atomic E-state index is -3.42. The summed E-state index contributed by atoms with van der Waals surface area (Å²) in [6.45, 7) is 4.08. The zero-order valence-electron chi connectivity index (χ0n) is 17.6. The minimum absolute atomic E-state index is 0.00135. The van der Waals surface area contributed by atoms with E-state index in [0.29, 0.717) is 12.8 Å². The molecule has 1 unspecified atom stereocenters. The maximum Gasteiger partial charge on any atom is 0.328 e. The third-order valence-electron chi connectivity index (χ3n) is 5.63. The second-order valence-electron chi connectivity index (χ2n) is 8.04. The van der Waals surface area contributed by atoms with Crippen LogP contribution in [0.1, 0.15) is 78.1 Å². The number of rotatable bonds is 15. The second-order valence-corrected chi connectivity index (χ2v) is 10.0. The van der Waals surface area contributed by atoms with Crippen LogP contribution in [0, 0.1) is 11.8 Å². The Labute approximate surface area is 170 Å². The quantitative estimate of drug-likeness (QED) is 0.181. The van der Waals surface area contributed by atoms with E-state index in [1.54, 1.807) is 13.0 Å². The molecule has 0 aromatic carbocycles. The molecule has 0 radical (unpaired) electrons. The Hall–Kier alpha value is -0.230. The molecule has 166 valence electrons. The van der Waals surface area contributed by atoms with Gasteiger partial charge in [0.2, 0.25) is 0 Å². The van der Waals surface area contributed by atoms with Gasteiger partial charge in [-0.15, -0.1) is 0 Å². The predicted molar refractivity (Wildman–Crippen MR) is 112 cm³/mol. The monoisotopic (exact) mass is 420 g/mol. The van der Waals surface area contributed by atoms with Gasteiger partial charge in [-0.25, -0.2) is 0 Å². The summed E-state index contributed by atoms with van der Waals surface area (Å²) >= 11 is 0. The van der Waals surface area contributed by atoms with Gasteiger partial charge in [-0.05, 0) is 32.1 Å². The normalized spacial score (nSPS) is 28.6. The number of hydrogen-bond donors (Lipinski definition) is 4. The molecule has 1 aliphatic rings. The molecule has 0 aliphatic heterocycles. The molecule has 6 atom stereocenters. The fourth-order valence-corrected chi connectivity index (χ4v) is 5.20. The van der Waals surface area contributed by atoms with E-state index in [1.165, 1.54) is 0 Å². The van der Waals surface area contributed by atoms with Crippen molar-refractivity contribution in [3.8, 4) is 0 Å². The lowest BCUT2D eigenvalue weighted by Gasteiger charge is -2.21. The summed E-state index contributed by atoms with van der Waals surface area (Å²) in [6, 6.07) is 0. The van der Waals surface area contributed by atoms with E-state index < -0.39 is 25.9 Å². The van der Waals surface area contributed by atoms with E-state index >= 15 is 0 Å². The van der Waals surface area contributed by atoms with Crippen LogP contribution in [0.3, 0.4) is 0 Å². The smallest absolute Gasteiger partial charge is 0.328 e. The van der Waals surface area contributed by atoms with Gasteiger partial charge in [-0.2, -0.15) is 0 Å². The van der Waals surface area contributed by atoms with Gasteiger partial charge in [-0.1, -0.05) is 57.6 Å². The minimum Gasteiger partial charge on any atom is -0.393 e.